The minimum absolute atomic E-state index is 0.132. The van der Waals surface area contributed by atoms with E-state index in [0.29, 0.717) is 11.8 Å². The van der Waals surface area contributed by atoms with Crippen molar-refractivity contribution in [3.05, 3.63) is 51.8 Å². The molecule has 0 spiro atoms. The van der Waals surface area contributed by atoms with Crippen molar-refractivity contribution < 1.29 is 27.4 Å². The number of alkyl halides is 3. The highest BCUT2D eigenvalue weighted by Gasteiger charge is 2.35. The number of methoxy groups -OCH3 is 1. The molecule has 0 saturated heterocycles. The summed E-state index contributed by atoms with van der Waals surface area (Å²) in [4.78, 5) is 9.60. The van der Waals surface area contributed by atoms with Crippen molar-refractivity contribution in [3.63, 3.8) is 0 Å². The van der Waals surface area contributed by atoms with Crippen LogP contribution in [0.15, 0.2) is 34.9 Å². The fourth-order valence-corrected chi connectivity index (χ4v) is 1.68. The second-order valence-corrected chi connectivity index (χ2v) is 4.13. The lowest BCUT2D eigenvalue weighted by atomic mass is 10.0. The lowest BCUT2D eigenvalue weighted by Crippen LogP contribution is -2.10. The molecule has 0 bridgehead atoms. The van der Waals surface area contributed by atoms with Crippen molar-refractivity contribution in [2.45, 2.75) is 6.18 Å². The Morgan fingerprint density at radius 2 is 2.00 bits per heavy atom. The van der Waals surface area contributed by atoms with Crippen LogP contribution in [0.4, 0.5) is 19.0 Å². The van der Waals surface area contributed by atoms with Gasteiger partial charge in [0.15, 0.2) is 10.9 Å². The van der Waals surface area contributed by atoms with Gasteiger partial charge in [0, 0.05) is 0 Å². The minimum Gasteiger partial charge on any atom is -0.497 e. The third-order valence-electron chi connectivity index (χ3n) is 2.70. The summed E-state index contributed by atoms with van der Waals surface area (Å²) in [6, 6.07) is 6.01. The second kappa shape index (κ2) is 5.88. The van der Waals surface area contributed by atoms with Crippen LogP contribution in [0.3, 0.4) is 0 Å². The van der Waals surface area contributed by atoms with E-state index in [1.54, 1.807) is 0 Å². The number of halogens is 3. The predicted octanol–water partition coefficient (Wildman–Crippen LogP) is 3.69. The van der Waals surface area contributed by atoms with Gasteiger partial charge in [0.1, 0.15) is 5.75 Å². The van der Waals surface area contributed by atoms with E-state index in [2.05, 4.69) is 9.68 Å². The first-order valence-corrected chi connectivity index (χ1v) is 5.85. The summed E-state index contributed by atoms with van der Waals surface area (Å²) >= 11 is 0. The smallest absolute Gasteiger partial charge is 0.417 e. The van der Waals surface area contributed by atoms with Gasteiger partial charge in [0.2, 0.25) is 0 Å². The number of hydrogen-bond donors (Lipinski definition) is 0. The highest BCUT2D eigenvalue weighted by molar-refractivity contribution is 5.83. The van der Waals surface area contributed by atoms with Crippen LogP contribution in [0.5, 0.6) is 5.75 Å². The van der Waals surface area contributed by atoms with Crippen molar-refractivity contribution in [1.29, 1.82) is 0 Å². The first-order chi connectivity index (χ1) is 10.3. The molecule has 0 aliphatic carbocycles. The first-order valence-electron chi connectivity index (χ1n) is 5.85. The highest BCUT2D eigenvalue weighted by atomic mass is 19.4. The number of allylic oxidation sites excluding steroid dienone is 1. The second-order valence-electron chi connectivity index (χ2n) is 4.13. The van der Waals surface area contributed by atoms with Crippen LogP contribution >= 0.6 is 0 Å². The molecular formula is C13H9F3N2O4. The summed E-state index contributed by atoms with van der Waals surface area (Å²) in [5.74, 6) is -0.627. The fraction of sp³-hybridized carbons (Fsp3) is 0.154. The van der Waals surface area contributed by atoms with Crippen LogP contribution in [-0.4, -0.2) is 23.4 Å². The van der Waals surface area contributed by atoms with Crippen LogP contribution in [-0.2, 0) is 0 Å². The number of nitro groups is 1. The van der Waals surface area contributed by atoms with Crippen molar-refractivity contribution >= 4 is 17.5 Å². The van der Waals surface area contributed by atoms with Gasteiger partial charge in [0.25, 0.3) is 0 Å². The highest BCUT2D eigenvalue weighted by Crippen LogP contribution is 2.36. The van der Waals surface area contributed by atoms with Crippen molar-refractivity contribution in [3.8, 4) is 5.75 Å². The largest absolute Gasteiger partial charge is 0.497 e. The average Bonchev–Trinajstić information content (AvgIpc) is 2.93. The standard InChI is InChI=1S/C13H9F3N2O4/c1-21-9-4-2-8(3-5-9)11(13(14,15)16)6-10-7-12(17-22-10)18(19)20/h2-7H,1H3. The van der Waals surface area contributed by atoms with Gasteiger partial charge in [-0.1, -0.05) is 12.1 Å². The molecule has 0 radical (unpaired) electrons. The molecule has 116 valence electrons. The van der Waals surface area contributed by atoms with Crippen molar-refractivity contribution in [1.82, 2.24) is 5.16 Å². The van der Waals surface area contributed by atoms with Crippen LogP contribution in [0.2, 0.25) is 0 Å². The SMILES string of the molecule is COc1ccc(C(=Cc2cc([N+](=O)[O-])no2)C(F)(F)F)cc1. The predicted molar refractivity (Wildman–Crippen MR) is 70.1 cm³/mol. The number of ether oxygens (including phenoxy) is 1. The van der Waals surface area contributed by atoms with Gasteiger partial charge in [-0.2, -0.15) is 13.2 Å². The Hall–Kier alpha value is -2.84. The third kappa shape index (κ3) is 3.43. The molecule has 0 fully saturated rings. The minimum atomic E-state index is -4.67. The van der Waals surface area contributed by atoms with E-state index in [-0.39, 0.29) is 11.3 Å². The molecule has 0 atom stereocenters. The molecular weight excluding hydrogens is 305 g/mol. The summed E-state index contributed by atoms with van der Waals surface area (Å²) in [5.41, 5.74) is -1.14. The lowest BCUT2D eigenvalue weighted by Gasteiger charge is -2.11. The first kappa shape index (κ1) is 15.5. The molecule has 1 aromatic heterocycles. The van der Waals surface area contributed by atoms with E-state index < -0.39 is 22.5 Å². The quantitative estimate of drug-likeness (QED) is 0.635. The van der Waals surface area contributed by atoms with Crippen LogP contribution in [0.1, 0.15) is 11.3 Å². The zero-order chi connectivity index (χ0) is 16.3. The van der Waals surface area contributed by atoms with Gasteiger partial charge < -0.3 is 14.9 Å². The molecule has 0 saturated carbocycles. The van der Waals surface area contributed by atoms with Gasteiger partial charge in [-0.3, -0.25) is 4.52 Å². The van der Waals surface area contributed by atoms with Crippen molar-refractivity contribution in [2.75, 3.05) is 7.11 Å². The summed E-state index contributed by atoms with van der Waals surface area (Å²) in [6.07, 6.45) is -4.02. The molecule has 0 aliphatic heterocycles. The number of rotatable bonds is 4. The van der Waals surface area contributed by atoms with E-state index >= 15 is 0 Å². The molecule has 0 N–H and O–H groups in total. The molecule has 2 aromatic rings. The van der Waals surface area contributed by atoms with E-state index in [9.17, 15) is 23.3 Å². The number of nitrogens with zero attached hydrogens (tertiary/aromatic N) is 2. The van der Waals surface area contributed by atoms with Gasteiger partial charge in [0.05, 0.1) is 18.7 Å². The molecule has 0 amide bonds. The van der Waals surface area contributed by atoms with E-state index in [4.69, 9.17) is 4.74 Å². The van der Waals surface area contributed by atoms with E-state index in [1.807, 2.05) is 0 Å². The summed E-state index contributed by atoms with van der Waals surface area (Å²) < 4.78 is 48.8. The Kier molecular flexibility index (Phi) is 4.15. The number of aromatic nitrogens is 1. The van der Waals surface area contributed by atoms with Crippen LogP contribution < -0.4 is 4.74 Å². The van der Waals surface area contributed by atoms with E-state index in [0.717, 1.165) is 6.07 Å². The summed E-state index contributed by atoms with van der Waals surface area (Å²) in [6.45, 7) is 0. The molecule has 0 aliphatic rings. The molecule has 1 heterocycles. The Bertz CT molecular complexity index is 705. The van der Waals surface area contributed by atoms with Crippen LogP contribution in [0, 0.1) is 10.1 Å². The van der Waals surface area contributed by atoms with Gasteiger partial charge in [-0.25, -0.2) is 0 Å². The summed E-state index contributed by atoms with van der Waals surface area (Å²) in [7, 11) is 1.39. The molecule has 1 aromatic carbocycles. The topological polar surface area (TPSA) is 78.4 Å². The Balaban J connectivity index is 2.44. The third-order valence-corrected chi connectivity index (χ3v) is 2.70. The van der Waals surface area contributed by atoms with Gasteiger partial charge >= 0.3 is 12.0 Å². The Morgan fingerprint density at radius 3 is 2.45 bits per heavy atom. The zero-order valence-corrected chi connectivity index (χ0v) is 11.1. The summed E-state index contributed by atoms with van der Waals surface area (Å²) in [5, 5.41) is 13.5. The molecule has 6 nitrogen and oxygen atoms in total. The Morgan fingerprint density at radius 1 is 1.36 bits per heavy atom. The van der Waals surface area contributed by atoms with Gasteiger partial charge in [-0.05, 0) is 28.7 Å². The number of hydrogen-bond acceptors (Lipinski definition) is 5. The maximum absolute atomic E-state index is 13.1. The monoisotopic (exact) mass is 314 g/mol. The molecule has 22 heavy (non-hydrogen) atoms. The van der Waals surface area contributed by atoms with Gasteiger partial charge in [-0.15, -0.1) is 0 Å². The molecule has 0 unspecified atom stereocenters. The number of benzene rings is 1. The molecule has 2 rings (SSSR count). The van der Waals surface area contributed by atoms with Crippen molar-refractivity contribution in [2.24, 2.45) is 0 Å². The van der Waals surface area contributed by atoms with Crippen LogP contribution in [0.25, 0.3) is 11.6 Å². The fourth-order valence-electron chi connectivity index (χ4n) is 1.68. The lowest BCUT2D eigenvalue weighted by molar-refractivity contribution is -0.390. The average molecular weight is 314 g/mol. The normalized spacial score (nSPS) is 12.3. The van der Waals surface area contributed by atoms with E-state index in [1.165, 1.54) is 31.4 Å². The zero-order valence-electron chi connectivity index (χ0n) is 11.1. The maximum atomic E-state index is 13.1. The molecule has 9 heteroatoms. The Labute approximate surface area is 121 Å². The maximum Gasteiger partial charge on any atom is 0.417 e.